The number of ether oxygens (including phenoxy) is 1. The molecule has 0 amide bonds. The van der Waals surface area contributed by atoms with Crippen LogP contribution in [0.4, 0.5) is 0 Å². The lowest BCUT2D eigenvalue weighted by molar-refractivity contribution is 0.328. The van der Waals surface area contributed by atoms with E-state index in [9.17, 15) is 0 Å². The van der Waals surface area contributed by atoms with E-state index in [4.69, 9.17) is 10.6 Å². The lowest BCUT2D eigenvalue weighted by Gasteiger charge is -2.23. The predicted octanol–water partition coefficient (Wildman–Crippen LogP) is 2.51. The second-order valence-electron chi connectivity index (χ2n) is 5.36. The fourth-order valence-corrected chi connectivity index (χ4v) is 2.56. The van der Waals surface area contributed by atoms with Crippen molar-refractivity contribution in [3.63, 3.8) is 0 Å². The van der Waals surface area contributed by atoms with E-state index < -0.39 is 0 Å². The van der Waals surface area contributed by atoms with E-state index in [-0.39, 0.29) is 0 Å². The SMILES string of the molecule is COc1ccc(CCC(NN)C(C)C2CC2)cc1. The number of nitrogens with two attached hydrogens (primary N) is 1. The fraction of sp³-hybridized carbons (Fsp3) is 0.600. The summed E-state index contributed by atoms with van der Waals surface area (Å²) in [5.74, 6) is 8.17. The van der Waals surface area contributed by atoms with Crippen LogP contribution in [-0.4, -0.2) is 13.2 Å². The molecule has 0 spiro atoms. The molecule has 3 nitrogen and oxygen atoms in total. The van der Waals surface area contributed by atoms with Crippen LogP contribution in [0.3, 0.4) is 0 Å². The second kappa shape index (κ2) is 6.21. The molecule has 3 N–H and O–H groups in total. The minimum absolute atomic E-state index is 0.430. The largest absolute Gasteiger partial charge is 0.497 e. The van der Waals surface area contributed by atoms with Gasteiger partial charge in [-0.25, -0.2) is 0 Å². The molecular weight excluding hydrogens is 224 g/mol. The zero-order valence-electron chi connectivity index (χ0n) is 11.4. The lowest BCUT2D eigenvalue weighted by atomic mass is 9.92. The van der Waals surface area contributed by atoms with Crippen molar-refractivity contribution in [2.24, 2.45) is 17.7 Å². The van der Waals surface area contributed by atoms with Gasteiger partial charge < -0.3 is 4.74 Å². The van der Waals surface area contributed by atoms with Crippen LogP contribution in [0.1, 0.15) is 31.7 Å². The number of nitrogens with one attached hydrogen (secondary N) is 1. The van der Waals surface area contributed by atoms with Gasteiger partial charge in [0.05, 0.1) is 7.11 Å². The first kappa shape index (κ1) is 13.4. The number of hydrogen-bond donors (Lipinski definition) is 2. The third-order valence-corrected chi connectivity index (χ3v) is 4.12. The van der Waals surface area contributed by atoms with E-state index in [0.29, 0.717) is 12.0 Å². The molecule has 0 saturated heterocycles. The van der Waals surface area contributed by atoms with Crippen LogP contribution in [0.15, 0.2) is 24.3 Å². The highest BCUT2D eigenvalue weighted by Crippen LogP contribution is 2.38. The van der Waals surface area contributed by atoms with Gasteiger partial charge in [0, 0.05) is 6.04 Å². The molecule has 1 fully saturated rings. The van der Waals surface area contributed by atoms with Crippen molar-refractivity contribution >= 4 is 0 Å². The second-order valence-corrected chi connectivity index (χ2v) is 5.36. The summed E-state index contributed by atoms with van der Waals surface area (Å²) in [5.41, 5.74) is 4.34. The van der Waals surface area contributed by atoms with Crippen LogP contribution in [0.2, 0.25) is 0 Å². The predicted molar refractivity (Wildman–Crippen MR) is 74.3 cm³/mol. The van der Waals surface area contributed by atoms with Gasteiger partial charge in [0.15, 0.2) is 0 Å². The standard InChI is InChI=1S/C15H24N2O/c1-11(13-6-7-13)15(17-16)10-5-12-3-8-14(18-2)9-4-12/h3-4,8-9,11,13,15,17H,5-7,10,16H2,1-2H3. The summed E-state index contributed by atoms with van der Waals surface area (Å²) in [6.45, 7) is 2.32. The van der Waals surface area contributed by atoms with Crippen LogP contribution in [0.25, 0.3) is 0 Å². The smallest absolute Gasteiger partial charge is 0.118 e. The molecule has 0 bridgehead atoms. The van der Waals surface area contributed by atoms with Crippen molar-refractivity contribution in [1.29, 1.82) is 0 Å². The number of aryl methyl sites for hydroxylation is 1. The molecule has 3 heteroatoms. The summed E-state index contributed by atoms with van der Waals surface area (Å²) in [5, 5.41) is 0. The van der Waals surface area contributed by atoms with Gasteiger partial charge in [-0.3, -0.25) is 11.3 Å². The summed E-state index contributed by atoms with van der Waals surface area (Å²) in [7, 11) is 1.70. The Morgan fingerprint density at radius 2 is 2.00 bits per heavy atom. The van der Waals surface area contributed by atoms with Crippen LogP contribution in [-0.2, 0) is 6.42 Å². The van der Waals surface area contributed by atoms with Gasteiger partial charge in [0.1, 0.15) is 5.75 Å². The molecule has 1 aromatic carbocycles. The van der Waals surface area contributed by atoms with Gasteiger partial charge in [0.25, 0.3) is 0 Å². The highest BCUT2D eigenvalue weighted by atomic mass is 16.5. The monoisotopic (exact) mass is 248 g/mol. The van der Waals surface area contributed by atoms with Crippen molar-refractivity contribution in [2.75, 3.05) is 7.11 Å². The Morgan fingerprint density at radius 3 is 2.50 bits per heavy atom. The third-order valence-electron chi connectivity index (χ3n) is 4.12. The van der Waals surface area contributed by atoms with E-state index in [2.05, 4.69) is 24.5 Å². The van der Waals surface area contributed by atoms with Gasteiger partial charge in [0.2, 0.25) is 0 Å². The minimum Gasteiger partial charge on any atom is -0.497 e. The molecule has 1 aliphatic carbocycles. The first-order valence-corrected chi connectivity index (χ1v) is 6.83. The zero-order valence-corrected chi connectivity index (χ0v) is 11.4. The molecular formula is C15H24N2O. The van der Waals surface area contributed by atoms with Gasteiger partial charge >= 0.3 is 0 Å². The highest BCUT2D eigenvalue weighted by Gasteiger charge is 2.32. The van der Waals surface area contributed by atoms with Crippen molar-refractivity contribution in [1.82, 2.24) is 5.43 Å². The summed E-state index contributed by atoms with van der Waals surface area (Å²) >= 11 is 0. The van der Waals surface area contributed by atoms with Crippen molar-refractivity contribution in [2.45, 2.75) is 38.6 Å². The lowest BCUT2D eigenvalue weighted by Crippen LogP contribution is -2.41. The average Bonchev–Trinajstić information content (AvgIpc) is 3.24. The molecule has 1 saturated carbocycles. The Hall–Kier alpha value is -1.06. The molecule has 2 rings (SSSR count). The molecule has 2 unspecified atom stereocenters. The maximum absolute atomic E-state index is 5.68. The van der Waals surface area contributed by atoms with E-state index in [0.717, 1.165) is 24.5 Å². The van der Waals surface area contributed by atoms with Crippen molar-refractivity contribution in [3.05, 3.63) is 29.8 Å². The van der Waals surface area contributed by atoms with E-state index >= 15 is 0 Å². The van der Waals surface area contributed by atoms with Crippen molar-refractivity contribution < 1.29 is 4.74 Å². The van der Waals surface area contributed by atoms with E-state index in [1.165, 1.54) is 18.4 Å². The third kappa shape index (κ3) is 3.47. The van der Waals surface area contributed by atoms with Crippen LogP contribution >= 0.6 is 0 Å². The Bertz CT molecular complexity index is 359. The highest BCUT2D eigenvalue weighted by molar-refractivity contribution is 5.27. The van der Waals surface area contributed by atoms with Gasteiger partial charge in [-0.2, -0.15) is 0 Å². The molecule has 1 aromatic rings. The number of benzene rings is 1. The fourth-order valence-electron chi connectivity index (χ4n) is 2.56. The molecule has 1 aliphatic rings. The van der Waals surface area contributed by atoms with Gasteiger partial charge in [-0.15, -0.1) is 0 Å². The van der Waals surface area contributed by atoms with E-state index in [1.807, 2.05) is 12.1 Å². The maximum atomic E-state index is 5.68. The Kier molecular flexibility index (Phi) is 4.61. The molecule has 0 aromatic heterocycles. The Labute approximate surface area is 110 Å². The summed E-state index contributed by atoms with van der Waals surface area (Å²) < 4.78 is 5.16. The number of hydrazine groups is 1. The summed E-state index contributed by atoms with van der Waals surface area (Å²) in [6, 6.07) is 8.73. The van der Waals surface area contributed by atoms with Crippen molar-refractivity contribution in [3.8, 4) is 5.75 Å². The number of hydrogen-bond acceptors (Lipinski definition) is 3. The molecule has 0 heterocycles. The Morgan fingerprint density at radius 1 is 1.33 bits per heavy atom. The first-order chi connectivity index (χ1) is 8.74. The zero-order chi connectivity index (χ0) is 13.0. The van der Waals surface area contributed by atoms with Crippen LogP contribution in [0.5, 0.6) is 5.75 Å². The summed E-state index contributed by atoms with van der Waals surface area (Å²) in [4.78, 5) is 0. The topological polar surface area (TPSA) is 47.3 Å². The Balaban J connectivity index is 1.84. The molecule has 2 atom stereocenters. The number of rotatable bonds is 7. The van der Waals surface area contributed by atoms with Crippen LogP contribution < -0.4 is 16.0 Å². The normalized spacial score (nSPS) is 18.4. The average molecular weight is 248 g/mol. The molecule has 0 radical (unpaired) electrons. The minimum atomic E-state index is 0.430. The number of methoxy groups -OCH3 is 1. The van der Waals surface area contributed by atoms with E-state index in [1.54, 1.807) is 7.11 Å². The molecule has 0 aliphatic heterocycles. The van der Waals surface area contributed by atoms with Crippen LogP contribution in [0, 0.1) is 11.8 Å². The summed E-state index contributed by atoms with van der Waals surface area (Å²) in [6.07, 6.45) is 4.92. The quantitative estimate of drug-likeness (QED) is 0.576. The van der Waals surface area contributed by atoms with Gasteiger partial charge in [-0.1, -0.05) is 19.1 Å². The van der Waals surface area contributed by atoms with Gasteiger partial charge in [-0.05, 0) is 55.2 Å². The first-order valence-electron chi connectivity index (χ1n) is 6.83. The molecule has 100 valence electrons. The molecule has 18 heavy (non-hydrogen) atoms. The maximum Gasteiger partial charge on any atom is 0.118 e.